The highest BCUT2D eigenvalue weighted by molar-refractivity contribution is 5.90. The normalized spacial score (nSPS) is 18.9. The minimum atomic E-state index is -0.995. The molecule has 0 atom stereocenters. The summed E-state index contributed by atoms with van der Waals surface area (Å²) >= 11 is 0. The number of hydrogen-bond donors (Lipinski definition) is 1. The average Bonchev–Trinajstić information content (AvgIpc) is 2.28. The molecule has 104 valence electrons. The number of piperazine rings is 1. The molecule has 1 aliphatic heterocycles. The van der Waals surface area contributed by atoms with E-state index in [2.05, 4.69) is 0 Å². The fourth-order valence-corrected chi connectivity index (χ4v) is 2.45. The van der Waals surface area contributed by atoms with Gasteiger partial charge in [-0.05, 0) is 26.0 Å². The van der Waals surface area contributed by atoms with E-state index in [0.29, 0.717) is 13.1 Å². The van der Waals surface area contributed by atoms with Gasteiger partial charge in [-0.2, -0.15) is 0 Å². The molecule has 1 amide bonds. The Hall–Kier alpha value is -1.85. The molecule has 4 nitrogen and oxygen atoms in total. The lowest BCUT2D eigenvalue weighted by molar-refractivity contribution is -0.136. The number of nitrogen functional groups attached to an aromatic ring is 1. The van der Waals surface area contributed by atoms with Crippen LogP contribution in [-0.4, -0.2) is 36.5 Å². The van der Waals surface area contributed by atoms with Crippen LogP contribution in [0.1, 0.15) is 13.8 Å². The fourth-order valence-electron chi connectivity index (χ4n) is 2.45. The van der Waals surface area contributed by atoms with Crippen LogP contribution in [0.3, 0.4) is 0 Å². The van der Waals surface area contributed by atoms with E-state index in [1.165, 1.54) is 4.90 Å². The van der Waals surface area contributed by atoms with Gasteiger partial charge >= 0.3 is 0 Å². The number of amides is 1. The second-order valence-electron chi connectivity index (χ2n) is 5.27. The van der Waals surface area contributed by atoms with Crippen LogP contribution in [0.25, 0.3) is 0 Å². The summed E-state index contributed by atoms with van der Waals surface area (Å²) in [5.74, 6) is -1.67. The first kappa shape index (κ1) is 13.6. The molecular weight excluding hydrogens is 252 g/mol. The zero-order valence-electron chi connectivity index (χ0n) is 11.2. The first-order chi connectivity index (χ1) is 8.75. The van der Waals surface area contributed by atoms with Gasteiger partial charge in [0, 0.05) is 25.8 Å². The van der Waals surface area contributed by atoms with Crippen molar-refractivity contribution in [3.8, 4) is 0 Å². The molecule has 0 aliphatic carbocycles. The highest BCUT2D eigenvalue weighted by atomic mass is 19.1. The molecule has 1 aromatic rings. The first-order valence-corrected chi connectivity index (χ1v) is 6.03. The Morgan fingerprint density at radius 3 is 2.26 bits per heavy atom. The fraction of sp³-hybridized carbons (Fsp3) is 0.462. The van der Waals surface area contributed by atoms with Gasteiger partial charge in [0.1, 0.15) is 11.2 Å². The maximum atomic E-state index is 14.0. The van der Waals surface area contributed by atoms with Gasteiger partial charge in [-0.3, -0.25) is 4.79 Å². The summed E-state index contributed by atoms with van der Waals surface area (Å²) in [6, 6.07) is 2.13. The number of nitrogens with zero attached hydrogens (tertiary/aromatic N) is 2. The lowest BCUT2D eigenvalue weighted by atomic mass is 9.96. The molecule has 0 spiro atoms. The molecule has 0 aromatic heterocycles. The third-order valence-electron chi connectivity index (χ3n) is 3.51. The Bertz CT molecular complexity index is 508. The summed E-state index contributed by atoms with van der Waals surface area (Å²) in [6.45, 7) is 4.10. The quantitative estimate of drug-likeness (QED) is 0.788. The van der Waals surface area contributed by atoms with Gasteiger partial charge in [0.25, 0.3) is 0 Å². The van der Waals surface area contributed by atoms with Gasteiger partial charge in [-0.15, -0.1) is 0 Å². The molecule has 2 N–H and O–H groups in total. The second-order valence-corrected chi connectivity index (χ2v) is 5.27. The van der Waals surface area contributed by atoms with Crippen LogP contribution in [-0.2, 0) is 4.79 Å². The van der Waals surface area contributed by atoms with Gasteiger partial charge in [-0.25, -0.2) is 8.78 Å². The summed E-state index contributed by atoms with van der Waals surface area (Å²) in [5.41, 5.74) is 4.24. The van der Waals surface area contributed by atoms with Gasteiger partial charge in [0.15, 0.2) is 11.6 Å². The van der Waals surface area contributed by atoms with Crippen molar-refractivity contribution < 1.29 is 13.6 Å². The van der Waals surface area contributed by atoms with Crippen LogP contribution < -0.4 is 10.6 Å². The molecule has 1 aliphatic rings. The largest absolute Gasteiger partial charge is 0.399 e. The molecule has 1 aromatic carbocycles. The van der Waals surface area contributed by atoms with E-state index < -0.39 is 17.2 Å². The van der Waals surface area contributed by atoms with Crippen LogP contribution in [0.5, 0.6) is 0 Å². The van der Waals surface area contributed by atoms with Crippen molar-refractivity contribution in [2.45, 2.75) is 19.4 Å². The minimum absolute atomic E-state index is 0.0250. The summed E-state index contributed by atoms with van der Waals surface area (Å²) in [6.07, 6.45) is 0. The number of rotatable bonds is 1. The Morgan fingerprint density at radius 2 is 1.74 bits per heavy atom. The summed E-state index contributed by atoms with van der Waals surface area (Å²) < 4.78 is 28.0. The summed E-state index contributed by atoms with van der Waals surface area (Å²) in [7, 11) is 1.68. The van der Waals surface area contributed by atoms with E-state index in [9.17, 15) is 13.6 Å². The smallest absolute Gasteiger partial charge is 0.247 e. The zero-order valence-corrected chi connectivity index (χ0v) is 11.2. The summed E-state index contributed by atoms with van der Waals surface area (Å²) in [5, 5.41) is 0. The molecule has 0 bridgehead atoms. The van der Waals surface area contributed by atoms with Crippen molar-refractivity contribution in [3.63, 3.8) is 0 Å². The average molecular weight is 269 g/mol. The lowest BCUT2D eigenvalue weighted by Crippen LogP contribution is -2.62. The third kappa shape index (κ3) is 2.11. The molecule has 1 fully saturated rings. The SMILES string of the molecule is CN1CCN(c2c(F)cc(N)cc2F)C(C)(C)C1=O. The van der Waals surface area contributed by atoms with E-state index in [1.807, 2.05) is 0 Å². The van der Waals surface area contributed by atoms with Gasteiger partial charge in [0.2, 0.25) is 5.91 Å². The molecule has 0 unspecified atom stereocenters. The van der Waals surface area contributed by atoms with E-state index in [-0.39, 0.29) is 17.3 Å². The molecular formula is C13H17F2N3O. The molecule has 2 rings (SSSR count). The predicted molar refractivity (Wildman–Crippen MR) is 69.8 cm³/mol. The number of benzene rings is 1. The van der Waals surface area contributed by atoms with Crippen molar-refractivity contribution in [2.75, 3.05) is 30.8 Å². The van der Waals surface area contributed by atoms with Crippen molar-refractivity contribution in [2.24, 2.45) is 0 Å². The number of carbonyl (C=O) groups excluding carboxylic acids is 1. The minimum Gasteiger partial charge on any atom is -0.399 e. The maximum Gasteiger partial charge on any atom is 0.247 e. The Balaban J connectivity index is 2.50. The van der Waals surface area contributed by atoms with Gasteiger partial charge < -0.3 is 15.5 Å². The molecule has 1 saturated heterocycles. The van der Waals surface area contributed by atoms with Crippen LogP contribution in [0.15, 0.2) is 12.1 Å². The van der Waals surface area contributed by atoms with Crippen LogP contribution in [0.4, 0.5) is 20.2 Å². The van der Waals surface area contributed by atoms with E-state index >= 15 is 0 Å². The second kappa shape index (κ2) is 4.36. The van der Waals surface area contributed by atoms with E-state index in [4.69, 9.17) is 5.73 Å². The molecule has 0 radical (unpaired) electrons. The van der Waals surface area contributed by atoms with Crippen molar-refractivity contribution in [1.29, 1.82) is 0 Å². The standard InChI is InChI=1S/C13H17F2N3O/c1-13(2)12(19)17(3)4-5-18(13)11-9(14)6-8(16)7-10(11)15/h6-7H,4-5,16H2,1-3H3. The van der Waals surface area contributed by atoms with E-state index in [1.54, 1.807) is 25.8 Å². The Morgan fingerprint density at radius 1 is 1.21 bits per heavy atom. The molecule has 0 saturated carbocycles. The monoisotopic (exact) mass is 269 g/mol. The Labute approximate surface area is 110 Å². The third-order valence-corrected chi connectivity index (χ3v) is 3.51. The number of likely N-dealkylation sites (N-methyl/N-ethyl adjacent to an activating group) is 1. The zero-order chi connectivity index (χ0) is 14.4. The predicted octanol–water partition coefficient (Wildman–Crippen LogP) is 1.60. The Kier molecular flexibility index (Phi) is 3.12. The first-order valence-electron chi connectivity index (χ1n) is 6.03. The van der Waals surface area contributed by atoms with Crippen LogP contribution in [0.2, 0.25) is 0 Å². The van der Waals surface area contributed by atoms with Crippen LogP contribution >= 0.6 is 0 Å². The lowest BCUT2D eigenvalue weighted by Gasteiger charge is -2.46. The van der Waals surface area contributed by atoms with Crippen molar-refractivity contribution in [3.05, 3.63) is 23.8 Å². The van der Waals surface area contributed by atoms with Crippen molar-refractivity contribution in [1.82, 2.24) is 4.90 Å². The number of anilines is 2. The topological polar surface area (TPSA) is 49.6 Å². The van der Waals surface area contributed by atoms with E-state index in [0.717, 1.165) is 12.1 Å². The van der Waals surface area contributed by atoms with Crippen molar-refractivity contribution >= 4 is 17.3 Å². The number of nitrogens with two attached hydrogens (primary N) is 1. The molecule has 19 heavy (non-hydrogen) atoms. The number of halogens is 2. The maximum absolute atomic E-state index is 14.0. The number of carbonyl (C=O) groups is 1. The van der Waals surface area contributed by atoms with Gasteiger partial charge in [-0.1, -0.05) is 0 Å². The molecule has 1 heterocycles. The summed E-state index contributed by atoms with van der Waals surface area (Å²) in [4.78, 5) is 15.2. The van der Waals surface area contributed by atoms with Crippen LogP contribution in [0, 0.1) is 11.6 Å². The highest BCUT2D eigenvalue weighted by Gasteiger charge is 2.42. The highest BCUT2D eigenvalue weighted by Crippen LogP contribution is 2.33. The number of hydrogen-bond acceptors (Lipinski definition) is 3. The molecule has 6 heteroatoms. The van der Waals surface area contributed by atoms with Gasteiger partial charge in [0.05, 0.1) is 0 Å².